The molecule has 0 unspecified atom stereocenters. The van der Waals surface area contributed by atoms with Crippen molar-refractivity contribution in [1.29, 1.82) is 0 Å². The second-order valence-electron chi connectivity index (χ2n) is 4.13. The molecule has 0 N–H and O–H groups in total. The van der Waals surface area contributed by atoms with Crippen LogP contribution in [0.15, 0.2) is 42.5 Å². The second kappa shape index (κ2) is 5.61. The fourth-order valence-corrected chi connectivity index (χ4v) is 1.57. The van der Waals surface area contributed by atoms with E-state index >= 15 is 0 Å². The number of hydrogen-bond donors (Lipinski definition) is 0. The highest BCUT2D eigenvalue weighted by Gasteiger charge is 2.07. The molecule has 0 aliphatic rings. The van der Waals surface area contributed by atoms with Gasteiger partial charge in [0.2, 0.25) is 0 Å². The van der Waals surface area contributed by atoms with Gasteiger partial charge in [-0.05, 0) is 55.0 Å². The van der Waals surface area contributed by atoms with Gasteiger partial charge in [0.05, 0.1) is 0 Å². The van der Waals surface area contributed by atoms with E-state index < -0.39 is 5.82 Å². The molecule has 0 aliphatic heterocycles. The van der Waals surface area contributed by atoms with Crippen molar-refractivity contribution in [2.24, 2.45) is 0 Å². The zero-order valence-electron chi connectivity index (χ0n) is 10.3. The average Bonchev–Trinajstić information content (AvgIpc) is 2.40. The molecule has 0 bridgehead atoms. The first kappa shape index (κ1) is 13.2. The highest BCUT2D eigenvalue weighted by atomic mass is 19.1. The van der Waals surface area contributed by atoms with Gasteiger partial charge in [0.15, 0.2) is 12.4 Å². The van der Waals surface area contributed by atoms with Gasteiger partial charge < -0.3 is 4.74 Å². The van der Waals surface area contributed by atoms with Crippen LogP contribution >= 0.6 is 0 Å². The summed E-state index contributed by atoms with van der Waals surface area (Å²) in [6.07, 6.45) is 0. The molecule has 0 aromatic heterocycles. The van der Waals surface area contributed by atoms with Crippen LogP contribution in [0.5, 0.6) is 5.75 Å². The standard InChI is InChI=1S/C15H12F2O2/c1-10-8-13(6-7-14(10)17)19-9-15(18)11-2-4-12(16)5-3-11/h2-8H,9H2,1H3. The smallest absolute Gasteiger partial charge is 0.200 e. The van der Waals surface area contributed by atoms with Crippen LogP contribution in [0.25, 0.3) is 0 Å². The molecular formula is C15H12F2O2. The Morgan fingerprint density at radius 3 is 2.42 bits per heavy atom. The summed E-state index contributed by atoms with van der Waals surface area (Å²) in [7, 11) is 0. The number of ketones is 1. The summed E-state index contributed by atoms with van der Waals surface area (Å²) in [6.45, 7) is 1.45. The molecule has 0 saturated carbocycles. The Bertz CT molecular complexity index is 592. The van der Waals surface area contributed by atoms with Crippen LogP contribution < -0.4 is 4.74 Å². The lowest BCUT2D eigenvalue weighted by molar-refractivity contribution is 0.0921. The zero-order chi connectivity index (χ0) is 13.8. The summed E-state index contributed by atoms with van der Waals surface area (Å²) in [4.78, 5) is 11.8. The Hall–Kier alpha value is -2.23. The normalized spacial score (nSPS) is 10.3. The first-order valence-electron chi connectivity index (χ1n) is 5.74. The molecule has 0 radical (unpaired) electrons. The third-order valence-electron chi connectivity index (χ3n) is 2.67. The van der Waals surface area contributed by atoms with Crippen molar-refractivity contribution in [3.8, 4) is 5.75 Å². The molecule has 98 valence electrons. The molecule has 2 nitrogen and oxygen atoms in total. The minimum atomic E-state index is -0.397. The number of rotatable bonds is 4. The predicted molar refractivity (Wildman–Crippen MR) is 67.4 cm³/mol. The summed E-state index contributed by atoms with van der Waals surface area (Å²) < 4.78 is 31.0. The molecule has 0 amide bonds. The summed E-state index contributed by atoms with van der Waals surface area (Å²) in [6, 6.07) is 9.50. The number of ether oxygens (including phenoxy) is 1. The molecule has 0 spiro atoms. The van der Waals surface area contributed by atoms with Crippen molar-refractivity contribution in [2.75, 3.05) is 6.61 Å². The predicted octanol–water partition coefficient (Wildman–Crippen LogP) is 3.53. The molecule has 2 rings (SSSR count). The largest absolute Gasteiger partial charge is 0.485 e. The Morgan fingerprint density at radius 1 is 1.11 bits per heavy atom. The Morgan fingerprint density at radius 2 is 1.79 bits per heavy atom. The van der Waals surface area contributed by atoms with Crippen LogP contribution in [0.2, 0.25) is 0 Å². The van der Waals surface area contributed by atoms with Crippen LogP contribution in [-0.2, 0) is 0 Å². The van der Waals surface area contributed by atoms with Crippen molar-refractivity contribution >= 4 is 5.78 Å². The van der Waals surface area contributed by atoms with E-state index in [4.69, 9.17) is 4.74 Å². The lowest BCUT2D eigenvalue weighted by Crippen LogP contribution is -2.11. The third-order valence-corrected chi connectivity index (χ3v) is 2.67. The second-order valence-corrected chi connectivity index (χ2v) is 4.13. The zero-order valence-corrected chi connectivity index (χ0v) is 10.3. The fourth-order valence-electron chi connectivity index (χ4n) is 1.57. The maximum absolute atomic E-state index is 13.0. The van der Waals surface area contributed by atoms with Gasteiger partial charge >= 0.3 is 0 Å². The van der Waals surface area contributed by atoms with Crippen molar-refractivity contribution in [3.05, 3.63) is 65.2 Å². The quantitative estimate of drug-likeness (QED) is 0.788. The Balaban J connectivity index is 2.00. The summed E-state index contributed by atoms with van der Waals surface area (Å²) in [5.41, 5.74) is 0.826. The summed E-state index contributed by atoms with van der Waals surface area (Å²) >= 11 is 0. The molecule has 0 aliphatic carbocycles. The number of halogens is 2. The highest BCUT2D eigenvalue weighted by Crippen LogP contribution is 2.16. The average molecular weight is 262 g/mol. The number of hydrogen-bond acceptors (Lipinski definition) is 2. The number of aryl methyl sites for hydroxylation is 1. The maximum atomic E-state index is 13.0. The van der Waals surface area contributed by atoms with Gasteiger partial charge in [-0.15, -0.1) is 0 Å². The minimum Gasteiger partial charge on any atom is -0.485 e. The van der Waals surface area contributed by atoms with Gasteiger partial charge in [0.25, 0.3) is 0 Å². The van der Waals surface area contributed by atoms with E-state index in [1.807, 2.05) is 0 Å². The molecule has 2 aromatic carbocycles. The summed E-state index contributed by atoms with van der Waals surface area (Å²) in [5.74, 6) is -0.555. The molecule has 0 saturated heterocycles. The topological polar surface area (TPSA) is 26.3 Å². The first-order chi connectivity index (χ1) is 9.06. The van der Waals surface area contributed by atoms with Gasteiger partial charge in [-0.3, -0.25) is 4.79 Å². The Labute approximate surface area is 109 Å². The van der Waals surface area contributed by atoms with Crippen LogP contribution in [-0.4, -0.2) is 12.4 Å². The number of benzene rings is 2. The number of Topliss-reactive ketones (excluding diaryl/α,β-unsaturated/α-hetero) is 1. The number of carbonyl (C=O) groups excluding carboxylic acids is 1. The lowest BCUT2D eigenvalue weighted by atomic mass is 10.1. The fraction of sp³-hybridized carbons (Fsp3) is 0.133. The van der Waals surface area contributed by atoms with Crippen LogP contribution in [0.1, 0.15) is 15.9 Å². The molecule has 0 fully saturated rings. The molecular weight excluding hydrogens is 250 g/mol. The van der Waals surface area contributed by atoms with E-state index in [9.17, 15) is 13.6 Å². The molecule has 4 heteroatoms. The van der Waals surface area contributed by atoms with E-state index in [0.29, 0.717) is 16.9 Å². The molecule has 0 heterocycles. The van der Waals surface area contributed by atoms with Crippen molar-refractivity contribution in [1.82, 2.24) is 0 Å². The monoisotopic (exact) mass is 262 g/mol. The lowest BCUT2D eigenvalue weighted by Gasteiger charge is -2.06. The van der Waals surface area contributed by atoms with E-state index in [-0.39, 0.29) is 18.2 Å². The van der Waals surface area contributed by atoms with Gasteiger partial charge in [-0.1, -0.05) is 0 Å². The van der Waals surface area contributed by atoms with Crippen molar-refractivity contribution in [3.63, 3.8) is 0 Å². The van der Waals surface area contributed by atoms with E-state index in [0.717, 1.165) is 0 Å². The van der Waals surface area contributed by atoms with Crippen LogP contribution in [0.3, 0.4) is 0 Å². The van der Waals surface area contributed by atoms with Gasteiger partial charge in [-0.25, -0.2) is 8.78 Å². The van der Waals surface area contributed by atoms with E-state index in [1.165, 1.54) is 42.5 Å². The summed E-state index contributed by atoms with van der Waals surface area (Å²) in [5, 5.41) is 0. The SMILES string of the molecule is Cc1cc(OCC(=O)c2ccc(F)cc2)ccc1F. The van der Waals surface area contributed by atoms with Gasteiger partial charge in [0, 0.05) is 5.56 Å². The van der Waals surface area contributed by atoms with E-state index in [1.54, 1.807) is 6.92 Å². The van der Waals surface area contributed by atoms with Crippen LogP contribution in [0.4, 0.5) is 8.78 Å². The van der Waals surface area contributed by atoms with Gasteiger partial charge in [0.1, 0.15) is 17.4 Å². The number of carbonyl (C=O) groups is 1. The first-order valence-corrected chi connectivity index (χ1v) is 5.74. The van der Waals surface area contributed by atoms with Gasteiger partial charge in [-0.2, -0.15) is 0 Å². The third kappa shape index (κ3) is 3.37. The molecule has 2 aromatic rings. The van der Waals surface area contributed by atoms with Crippen molar-refractivity contribution < 1.29 is 18.3 Å². The molecule has 0 atom stereocenters. The minimum absolute atomic E-state index is 0.170. The molecule has 19 heavy (non-hydrogen) atoms. The van der Waals surface area contributed by atoms with E-state index in [2.05, 4.69) is 0 Å². The Kier molecular flexibility index (Phi) is 3.90. The van der Waals surface area contributed by atoms with Crippen molar-refractivity contribution in [2.45, 2.75) is 6.92 Å². The maximum Gasteiger partial charge on any atom is 0.200 e. The highest BCUT2D eigenvalue weighted by molar-refractivity contribution is 5.97. The van der Waals surface area contributed by atoms with Crippen LogP contribution in [0, 0.1) is 18.6 Å².